The molecule has 2 N–H and O–H groups in total. The zero-order valence-electron chi connectivity index (χ0n) is 11.7. The molecule has 1 saturated heterocycles. The topological polar surface area (TPSA) is 72.1 Å². The molecule has 106 valence electrons. The number of rotatable bonds is 1. The minimum Gasteiger partial charge on any atom is -0.368 e. The van der Waals surface area contributed by atoms with Gasteiger partial charge in [0.15, 0.2) is 5.78 Å². The third-order valence-electron chi connectivity index (χ3n) is 4.22. The van der Waals surface area contributed by atoms with Gasteiger partial charge in [-0.05, 0) is 19.3 Å². The Morgan fingerprint density at radius 3 is 2.48 bits per heavy atom. The molecule has 1 aliphatic heterocycles. The van der Waals surface area contributed by atoms with E-state index in [2.05, 4.69) is 14.9 Å². The van der Waals surface area contributed by atoms with E-state index in [4.69, 9.17) is 5.73 Å². The van der Waals surface area contributed by atoms with E-state index < -0.39 is 0 Å². The molecule has 1 aromatic heterocycles. The van der Waals surface area contributed by atoms with Gasteiger partial charge in [0.05, 0.1) is 11.3 Å². The summed E-state index contributed by atoms with van der Waals surface area (Å²) in [5, 5.41) is 0. The normalized spacial score (nSPS) is 16.8. The standard InChI is InChI=1S/C16H16N4O/c17-16-18-13-10-6-2-3-7-11(10)14(21)12(13)15(19-16)20-8-4-1-5-9-20/h2-3,6-7H,1,4-5,8-9H2,(H2,17,18,19). The fourth-order valence-electron chi connectivity index (χ4n) is 3.23. The van der Waals surface area contributed by atoms with Crippen LogP contribution in [0.25, 0.3) is 11.3 Å². The number of fused-ring (bicyclic) bond motifs is 3. The molecule has 0 bridgehead atoms. The first-order valence-electron chi connectivity index (χ1n) is 7.32. The largest absolute Gasteiger partial charge is 0.368 e. The number of nitrogen functional groups attached to an aromatic ring is 1. The maximum absolute atomic E-state index is 12.7. The monoisotopic (exact) mass is 280 g/mol. The van der Waals surface area contributed by atoms with Crippen LogP contribution in [0.1, 0.15) is 35.2 Å². The second-order valence-electron chi connectivity index (χ2n) is 5.55. The predicted octanol–water partition coefficient (Wildman–Crippen LogP) is 2.26. The van der Waals surface area contributed by atoms with Gasteiger partial charge >= 0.3 is 0 Å². The van der Waals surface area contributed by atoms with Crippen molar-refractivity contribution in [3.05, 3.63) is 35.4 Å². The Labute approximate surface area is 122 Å². The van der Waals surface area contributed by atoms with Crippen molar-refractivity contribution in [2.75, 3.05) is 23.7 Å². The van der Waals surface area contributed by atoms with Crippen LogP contribution in [0.4, 0.5) is 11.8 Å². The number of hydrogen-bond donors (Lipinski definition) is 1. The van der Waals surface area contributed by atoms with Crippen LogP contribution in [0.3, 0.4) is 0 Å². The van der Waals surface area contributed by atoms with Crippen molar-refractivity contribution in [3.63, 3.8) is 0 Å². The Bertz CT molecular complexity index is 735. The first kappa shape index (κ1) is 12.3. The number of piperidine rings is 1. The summed E-state index contributed by atoms with van der Waals surface area (Å²) in [5.41, 5.74) is 8.75. The maximum Gasteiger partial charge on any atom is 0.222 e. The highest BCUT2D eigenvalue weighted by atomic mass is 16.1. The van der Waals surface area contributed by atoms with Crippen LogP contribution in [0, 0.1) is 0 Å². The van der Waals surface area contributed by atoms with E-state index in [0.717, 1.165) is 31.5 Å². The Balaban J connectivity index is 1.92. The fourth-order valence-corrected chi connectivity index (χ4v) is 3.23. The highest BCUT2D eigenvalue weighted by Gasteiger charge is 2.33. The summed E-state index contributed by atoms with van der Waals surface area (Å²) in [6.07, 6.45) is 3.48. The molecule has 5 heteroatoms. The Hall–Kier alpha value is -2.43. The quantitative estimate of drug-likeness (QED) is 0.740. The molecule has 1 fully saturated rings. The van der Waals surface area contributed by atoms with Crippen LogP contribution in [-0.4, -0.2) is 28.8 Å². The summed E-state index contributed by atoms with van der Waals surface area (Å²) >= 11 is 0. The van der Waals surface area contributed by atoms with Gasteiger partial charge in [-0.2, -0.15) is 4.98 Å². The number of nitrogens with two attached hydrogens (primary N) is 1. The van der Waals surface area contributed by atoms with Gasteiger partial charge in [-0.25, -0.2) is 4.98 Å². The highest BCUT2D eigenvalue weighted by Crippen LogP contribution is 2.40. The number of aromatic nitrogens is 2. The average Bonchev–Trinajstić information content (AvgIpc) is 2.81. The molecule has 0 saturated carbocycles. The molecule has 5 nitrogen and oxygen atoms in total. The maximum atomic E-state index is 12.7. The van der Waals surface area contributed by atoms with Crippen LogP contribution in [0.2, 0.25) is 0 Å². The van der Waals surface area contributed by atoms with Crippen molar-refractivity contribution in [3.8, 4) is 11.3 Å². The fraction of sp³-hybridized carbons (Fsp3) is 0.312. The minimum absolute atomic E-state index is 0.0150. The molecule has 2 heterocycles. The summed E-state index contributed by atoms with van der Waals surface area (Å²) in [5.74, 6) is 0.957. The summed E-state index contributed by atoms with van der Waals surface area (Å²) in [6, 6.07) is 7.56. The molecular weight excluding hydrogens is 264 g/mol. The number of benzene rings is 1. The summed E-state index contributed by atoms with van der Waals surface area (Å²) in [7, 11) is 0. The van der Waals surface area contributed by atoms with E-state index in [1.54, 1.807) is 0 Å². The molecule has 0 unspecified atom stereocenters. The predicted molar refractivity (Wildman–Crippen MR) is 81.4 cm³/mol. The van der Waals surface area contributed by atoms with Crippen LogP contribution in [0.5, 0.6) is 0 Å². The summed E-state index contributed by atoms with van der Waals surface area (Å²) in [4.78, 5) is 23.6. The number of anilines is 2. The summed E-state index contributed by atoms with van der Waals surface area (Å²) < 4.78 is 0. The first-order chi connectivity index (χ1) is 10.3. The van der Waals surface area contributed by atoms with Gasteiger partial charge in [0.2, 0.25) is 5.95 Å². The third-order valence-corrected chi connectivity index (χ3v) is 4.22. The highest BCUT2D eigenvalue weighted by molar-refractivity contribution is 6.23. The number of carbonyl (C=O) groups excluding carboxylic acids is 1. The van der Waals surface area contributed by atoms with Gasteiger partial charge in [-0.1, -0.05) is 24.3 Å². The molecule has 0 spiro atoms. The van der Waals surface area contributed by atoms with Crippen molar-refractivity contribution in [2.24, 2.45) is 0 Å². The van der Waals surface area contributed by atoms with Crippen LogP contribution in [0.15, 0.2) is 24.3 Å². The zero-order chi connectivity index (χ0) is 14.4. The van der Waals surface area contributed by atoms with Crippen LogP contribution >= 0.6 is 0 Å². The molecule has 4 rings (SSSR count). The van der Waals surface area contributed by atoms with E-state index >= 15 is 0 Å². The third kappa shape index (κ3) is 1.81. The van der Waals surface area contributed by atoms with Gasteiger partial charge < -0.3 is 10.6 Å². The number of carbonyl (C=O) groups is 1. The number of nitrogens with zero attached hydrogens (tertiary/aromatic N) is 3. The Morgan fingerprint density at radius 1 is 1.00 bits per heavy atom. The molecule has 0 amide bonds. The van der Waals surface area contributed by atoms with E-state index in [1.165, 1.54) is 6.42 Å². The van der Waals surface area contributed by atoms with Crippen molar-refractivity contribution < 1.29 is 4.79 Å². The van der Waals surface area contributed by atoms with Crippen LogP contribution in [-0.2, 0) is 0 Å². The zero-order valence-corrected chi connectivity index (χ0v) is 11.7. The summed E-state index contributed by atoms with van der Waals surface area (Å²) in [6.45, 7) is 1.85. The van der Waals surface area contributed by atoms with E-state index in [0.29, 0.717) is 22.6 Å². The molecule has 2 aliphatic rings. The van der Waals surface area contributed by atoms with Gasteiger partial charge in [-0.15, -0.1) is 0 Å². The Kier molecular flexibility index (Phi) is 2.67. The van der Waals surface area contributed by atoms with Crippen LogP contribution < -0.4 is 10.6 Å². The van der Waals surface area contributed by atoms with Gasteiger partial charge in [-0.3, -0.25) is 4.79 Å². The molecule has 2 aromatic rings. The molecule has 0 atom stereocenters. The molecule has 21 heavy (non-hydrogen) atoms. The lowest BCUT2D eigenvalue weighted by molar-refractivity contribution is 0.104. The van der Waals surface area contributed by atoms with Gasteiger partial charge in [0.1, 0.15) is 5.82 Å². The molecule has 0 radical (unpaired) electrons. The van der Waals surface area contributed by atoms with Crippen molar-refractivity contribution >= 4 is 17.5 Å². The first-order valence-corrected chi connectivity index (χ1v) is 7.32. The lowest BCUT2D eigenvalue weighted by atomic mass is 10.1. The van der Waals surface area contributed by atoms with Gasteiger partial charge in [0.25, 0.3) is 0 Å². The molecule has 1 aromatic carbocycles. The SMILES string of the molecule is Nc1nc2c(c(N3CCCCC3)n1)C(=O)c1ccccc1-2. The van der Waals surface area contributed by atoms with E-state index in [-0.39, 0.29) is 11.7 Å². The smallest absolute Gasteiger partial charge is 0.222 e. The second kappa shape index (κ2) is 4.55. The van der Waals surface area contributed by atoms with E-state index in [1.807, 2.05) is 24.3 Å². The number of hydrogen-bond acceptors (Lipinski definition) is 5. The van der Waals surface area contributed by atoms with Gasteiger partial charge in [0, 0.05) is 24.2 Å². The number of ketones is 1. The average molecular weight is 280 g/mol. The van der Waals surface area contributed by atoms with E-state index in [9.17, 15) is 4.79 Å². The molecule has 1 aliphatic carbocycles. The minimum atomic E-state index is 0.0150. The lowest BCUT2D eigenvalue weighted by Crippen LogP contribution is -2.32. The second-order valence-corrected chi connectivity index (χ2v) is 5.55. The van der Waals surface area contributed by atoms with Crippen molar-refractivity contribution in [1.29, 1.82) is 0 Å². The lowest BCUT2D eigenvalue weighted by Gasteiger charge is -2.29. The van der Waals surface area contributed by atoms with Crippen molar-refractivity contribution in [2.45, 2.75) is 19.3 Å². The Morgan fingerprint density at radius 2 is 1.71 bits per heavy atom. The van der Waals surface area contributed by atoms with Crippen molar-refractivity contribution in [1.82, 2.24) is 9.97 Å². The molecular formula is C16H16N4O.